The summed E-state index contributed by atoms with van der Waals surface area (Å²) in [6.07, 6.45) is -7.02. The third-order valence-corrected chi connectivity index (χ3v) is 6.55. The van der Waals surface area contributed by atoms with E-state index in [1.807, 2.05) is 0 Å². The normalized spacial score (nSPS) is 13.1. The first-order valence-electron chi connectivity index (χ1n) is 9.39. The zero-order valence-corrected chi connectivity index (χ0v) is 21.8. The second-order valence-corrected chi connectivity index (χ2v) is 9.45. The predicted octanol–water partition coefficient (Wildman–Crippen LogP) is 7.71. The van der Waals surface area contributed by atoms with Crippen LogP contribution in [0.15, 0.2) is 40.9 Å². The monoisotopic (exact) mass is 640 g/mol. The van der Waals surface area contributed by atoms with Crippen molar-refractivity contribution in [2.24, 2.45) is 0 Å². The summed E-state index contributed by atoms with van der Waals surface area (Å²) in [5, 5.41) is 3.94. The highest BCUT2D eigenvalue weighted by Gasteiger charge is 2.39. The molecule has 1 amide bonds. The molecule has 1 atom stereocenters. The van der Waals surface area contributed by atoms with E-state index in [4.69, 9.17) is 47.0 Å². The first kappa shape index (κ1) is 29.7. The Morgan fingerprint density at radius 2 is 1.63 bits per heavy atom. The van der Waals surface area contributed by atoms with Gasteiger partial charge in [-0.3, -0.25) is 4.79 Å². The van der Waals surface area contributed by atoms with Crippen molar-refractivity contribution in [3.05, 3.63) is 72.6 Å². The molecule has 2 aromatic rings. The van der Waals surface area contributed by atoms with E-state index in [2.05, 4.69) is 21.2 Å². The zero-order chi connectivity index (χ0) is 26.6. The molecule has 0 spiro atoms. The number of alkyl halides is 6. The number of amides is 1. The first-order valence-corrected chi connectivity index (χ1v) is 11.7. The minimum Gasteiger partial charge on any atom is -0.367 e. The molecule has 0 fully saturated rings. The largest absolute Gasteiger partial charge is 0.405 e. The number of hydrogen-bond acceptors (Lipinski definition) is 2. The van der Waals surface area contributed by atoms with Gasteiger partial charge in [-0.15, -0.1) is 0 Å². The van der Waals surface area contributed by atoms with Gasteiger partial charge in [0.05, 0.1) is 27.5 Å². The number of rotatable bonds is 7. The second-order valence-electron chi connectivity index (χ2n) is 6.99. The van der Waals surface area contributed by atoms with E-state index in [1.165, 1.54) is 24.3 Å². The predicted molar refractivity (Wildman–Crippen MR) is 132 cm³/mol. The van der Waals surface area contributed by atoms with Gasteiger partial charge in [0, 0.05) is 10.0 Å². The summed E-state index contributed by atoms with van der Waals surface area (Å²) in [7, 11) is 0. The Labute approximate surface area is 224 Å². The number of halogens is 10. The van der Waals surface area contributed by atoms with Gasteiger partial charge < -0.3 is 10.6 Å². The molecule has 0 aliphatic heterocycles. The summed E-state index contributed by atoms with van der Waals surface area (Å²) < 4.78 is 77.9. The van der Waals surface area contributed by atoms with Gasteiger partial charge in [0.1, 0.15) is 11.5 Å². The Balaban J connectivity index is 2.15. The highest BCUT2D eigenvalue weighted by atomic mass is 79.9. The van der Waals surface area contributed by atoms with Crippen LogP contribution in [-0.2, 0) is 4.79 Å². The van der Waals surface area contributed by atoms with E-state index < -0.39 is 37.3 Å². The summed E-state index contributed by atoms with van der Waals surface area (Å²) in [4.78, 5) is 11.6. The van der Waals surface area contributed by atoms with Gasteiger partial charge in [-0.2, -0.15) is 26.3 Å². The summed E-state index contributed by atoms with van der Waals surface area (Å²) in [6, 6.07) is 6.62. The third kappa shape index (κ3) is 9.13. The fourth-order valence-corrected chi connectivity index (χ4v) is 4.30. The number of carbonyl (C=O) groups excluding carboxylic acids is 1. The lowest BCUT2D eigenvalue weighted by Gasteiger charge is -2.18. The van der Waals surface area contributed by atoms with Crippen molar-refractivity contribution >= 4 is 79.9 Å². The van der Waals surface area contributed by atoms with Crippen LogP contribution in [0.3, 0.4) is 0 Å². The van der Waals surface area contributed by atoms with Gasteiger partial charge in [-0.1, -0.05) is 87.2 Å². The molecule has 2 N–H and O–H groups in total. The number of hydrogen-bond donors (Lipinski definition) is 2. The molecule has 2 rings (SSSR count). The van der Waals surface area contributed by atoms with Crippen LogP contribution in [-0.4, -0.2) is 36.3 Å². The molecule has 0 radical (unpaired) electrons. The second kappa shape index (κ2) is 12.1. The molecule has 2 aromatic carbocycles. The van der Waals surface area contributed by atoms with Crippen molar-refractivity contribution in [3.8, 4) is 0 Å². The molecule has 35 heavy (non-hydrogen) atoms. The topological polar surface area (TPSA) is 41.1 Å². The van der Waals surface area contributed by atoms with Crippen LogP contribution in [0, 0.1) is 0 Å². The quantitative estimate of drug-likeness (QED) is 0.185. The maximum absolute atomic E-state index is 13.7. The van der Waals surface area contributed by atoms with Crippen molar-refractivity contribution in [1.29, 1.82) is 0 Å². The summed E-state index contributed by atoms with van der Waals surface area (Å²) in [5.74, 6) is -2.94. The number of carbonyl (C=O) groups is 1. The van der Waals surface area contributed by atoms with Gasteiger partial charge in [0.2, 0.25) is 5.91 Å². The Hall–Kier alpha value is -1.53. The molecule has 0 saturated heterocycles. The van der Waals surface area contributed by atoms with E-state index in [0.717, 1.165) is 18.2 Å². The molecule has 14 heteroatoms. The molecule has 1 unspecified atom stereocenters. The van der Waals surface area contributed by atoms with Crippen molar-refractivity contribution in [1.82, 2.24) is 10.6 Å². The fraction of sp³-hybridized carbons (Fsp3) is 0.238. The van der Waals surface area contributed by atoms with Crippen LogP contribution in [0.25, 0.3) is 6.08 Å². The Morgan fingerprint density at radius 3 is 2.14 bits per heavy atom. The number of benzene rings is 2. The van der Waals surface area contributed by atoms with E-state index in [9.17, 15) is 31.1 Å². The maximum Gasteiger partial charge on any atom is 0.405 e. The highest BCUT2D eigenvalue weighted by molar-refractivity contribution is 9.10. The molecular weight excluding hydrogens is 629 g/mol. The Kier molecular flexibility index (Phi) is 10.3. The lowest BCUT2D eigenvalue weighted by molar-refractivity contribution is -0.139. The van der Waals surface area contributed by atoms with E-state index >= 15 is 0 Å². The van der Waals surface area contributed by atoms with Crippen LogP contribution >= 0.6 is 63.0 Å². The number of nitrogens with one attached hydrogen (secondary N) is 2. The third-order valence-electron chi connectivity index (χ3n) is 4.33. The molecule has 3 nitrogen and oxygen atoms in total. The number of thiocarbonyl (C=S) groups is 1. The van der Waals surface area contributed by atoms with Gasteiger partial charge >= 0.3 is 12.4 Å². The zero-order valence-electron chi connectivity index (χ0n) is 17.1. The van der Waals surface area contributed by atoms with Crippen molar-refractivity contribution < 1.29 is 31.1 Å². The van der Waals surface area contributed by atoms with Gasteiger partial charge in [-0.05, 0) is 29.3 Å². The Morgan fingerprint density at radius 1 is 1.03 bits per heavy atom. The minimum atomic E-state index is -4.65. The smallest absolute Gasteiger partial charge is 0.367 e. The Bertz CT molecular complexity index is 1120. The highest BCUT2D eigenvalue weighted by Crippen LogP contribution is 2.41. The summed E-state index contributed by atoms with van der Waals surface area (Å²) in [5.41, 5.74) is 0.564. The molecule has 0 bridgehead atoms. The fourth-order valence-electron chi connectivity index (χ4n) is 2.71. The van der Waals surface area contributed by atoms with Gasteiger partial charge in [0.25, 0.3) is 0 Å². The van der Waals surface area contributed by atoms with Crippen LogP contribution in [0.1, 0.15) is 22.6 Å². The summed E-state index contributed by atoms with van der Waals surface area (Å²) >= 11 is 26.0. The van der Waals surface area contributed by atoms with Crippen LogP contribution in [0.2, 0.25) is 15.1 Å². The van der Waals surface area contributed by atoms with Crippen molar-refractivity contribution in [2.75, 3.05) is 13.1 Å². The van der Waals surface area contributed by atoms with Crippen LogP contribution in [0.5, 0.6) is 0 Å². The van der Waals surface area contributed by atoms with Crippen molar-refractivity contribution in [2.45, 2.75) is 18.3 Å². The molecule has 190 valence electrons. The van der Waals surface area contributed by atoms with E-state index in [0.29, 0.717) is 15.6 Å². The van der Waals surface area contributed by atoms with E-state index in [1.54, 1.807) is 5.32 Å². The molecular formula is C21H14BrCl3F6N2OS. The van der Waals surface area contributed by atoms with Gasteiger partial charge in [0.15, 0.2) is 0 Å². The van der Waals surface area contributed by atoms with Crippen LogP contribution in [0.4, 0.5) is 26.3 Å². The minimum absolute atomic E-state index is 0.0492. The first-order chi connectivity index (χ1) is 16.1. The molecule has 0 aliphatic carbocycles. The lowest BCUT2D eigenvalue weighted by Crippen LogP contribution is -2.40. The standard InChI is InChI=1S/C21H14BrCl3F6N2OS/c22-14-5-10(1-3-12(14)19(35)32-8-17(34)33-9-20(26,27)28)2-4-13(21(29,30)31)11-6-15(23)18(25)16(24)7-11/h1-7,13H,8-9H2,(H,32,35)(H,33,34)/b4-2+. The summed E-state index contributed by atoms with van der Waals surface area (Å²) in [6.45, 7) is -1.97. The van der Waals surface area contributed by atoms with Crippen LogP contribution < -0.4 is 10.6 Å². The van der Waals surface area contributed by atoms with Crippen molar-refractivity contribution in [3.63, 3.8) is 0 Å². The average molecular weight is 643 g/mol. The molecule has 0 saturated carbocycles. The number of allylic oxidation sites excluding steroid dienone is 1. The van der Waals surface area contributed by atoms with E-state index in [-0.39, 0.29) is 25.6 Å². The molecule has 0 aliphatic rings. The molecule has 0 aromatic heterocycles. The molecule has 0 heterocycles. The maximum atomic E-state index is 13.7. The lowest BCUT2D eigenvalue weighted by atomic mass is 9.97. The average Bonchev–Trinajstić information content (AvgIpc) is 2.73. The van der Waals surface area contributed by atoms with Gasteiger partial charge in [-0.25, -0.2) is 0 Å². The SMILES string of the molecule is O=C(CNC(=S)c1ccc(/C=C/C(c2cc(Cl)c(Cl)c(Cl)c2)C(F)(F)F)cc1Br)NCC(F)(F)F.